The normalized spacial score (nSPS) is 34.6. The van der Waals surface area contributed by atoms with Gasteiger partial charge in [-0.3, -0.25) is 14.4 Å². The van der Waals surface area contributed by atoms with Gasteiger partial charge in [0.25, 0.3) is 0 Å². The van der Waals surface area contributed by atoms with Crippen LogP contribution in [0, 0.1) is 11.8 Å². The van der Waals surface area contributed by atoms with Crippen LogP contribution < -0.4 is 0 Å². The second-order valence-corrected chi connectivity index (χ2v) is 12.4. The molecule has 39 heavy (non-hydrogen) atoms. The molecule has 0 saturated carbocycles. The van der Waals surface area contributed by atoms with Crippen LogP contribution in [-0.4, -0.2) is 81.3 Å². The third-order valence-electron chi connectivity index (χ3n) is 8.67. The van der Waals surface area contributed by atoms with E-state index in [0.717, 1.165) is 24.8 Å². The summed E-state index contributed by atoms with van der Waals surface area (Å²) in [4.78, 5) is 45.9. The number of aliphatic hydroxyl groups is 1. The number of ether oxygens (including phenoxy) is 2. The lowest BCUT2D eigenvalue weighted by Crippen LogP contribution is -2.61. The van der Waals surface area contributed by atoms with Crippen LogP contribution in [0.2, 0.25) is 0 Å². The van der Waals surface area contributed by atoms with E-state index in [1.807, 2.05) is 82.3 Å². The van der Waals surface area contributed by atoms with E-state index in [4.69, 9.17) is 9.47 Å². The van der Waals surface area contributed by atoms with Gasteiger partial charge in [-0.05, 0) is 58.9 Å². The minimum atomic E-state index is -1.38. The Morgan fingerprint density at radius 2 is 1.77 bits per heavy atom. The van der Waals surface area contributed by atoms with Crippen molar-refractivity contribution in [1.29, 1.82) is 0 Å². The van der Waals surface area contributed by atoms with E-state index in [2.05, 4.69) is 0 Å². The van der Waals surface area contributed by atoms with Crippen molar-refractivity contribution in [3.05, 3.63) is 60.2 Å². The molecule has 0 bridgehead atoms. The minimum Gasteiger partial charge on any atom is -0.465 e. The van der Waals surface area contributed by atoms with Crippen molar-refractivity contribution in [2.24, 2.45) is 11.8 Å². The van der Waals surface area contributed by atoms with Crippen molar-refractivity contribution in [2.75, 3.05) is 19.8 Å². The van der Waals surface area contributed by atoms with Crippen molar-refractivity contribution >= 4 is 17.8 Å². The van der Waals surface area contributed by atoms with Gasteiger partial charge in [0, 0.05) is 12.1 Å². The second-order valence-electron chi connectivity index (χ2n) is 12.4. The first-order valence-electron chi connectivity index (χ1n) is 14.0. The first-order chi connectivity index (χ1) is 18.5. The number of allylic oxidation sites excluding steroid dienone is 1. The smallest absolute Gasteiger partial charge is 0.313 e. The fourth-order valence-corrected chi connectivity index (χ4v) is 6.87. The van der Waals surface area contributed by atoms with Crippen LogP contribution in [0.4, 0.5) is 0 Å². The van der Waals surface area contributed by atoms with E-state index in [-0.39, 0.29) is 25.0 Å². The number of benzene rings is 1. The predicted octanol–water partition coefficient (Wildman–Crippen LogP) is 3.04. The summed E-state index contributed by atoms with van der Waals surface area (Å²) in [6.45, 7) is 7.99. The standard InChI is InChI=1S/C31H40N2O6/c1-29(2,3)32-17-12-16-31-23(24-28(37)38-18-11-6-5-10-15-30(24,4)39-31)26(35)33(25(31)27(32)36)22(20-34)19-21-13-8-7-9-14-21/h7-10,12-16,22-25,34H,5-6,11,17-20H2,1-4H3/b15-10-/t22-,23+,24+,25?,30-,31+/m1/s1. The third-order valence-corrected chi connectivity index (χ3v) is 8.67. The Bertz CT molecular complexity index is 1170. The van der Waals surface area contributed by atoms with Crippen molar-refractivity contribution in [1.82, 2.24) is 9.80 Å². The van der Waals surface area contributed by atoms with Crippen LogP contribution >= 0.6 is 0 Å². The van der Waals surface area contributed by atoms with Crippen LogP contribution in [0.25, 0.3) is 0 Å². The number of cyclic esters (lactones) is 1. The number of fused-ring (bicyclic) bond motifs is 2. The summed E-state index contributed by atoms with van der Waals surface area (Å²) < 4.78 is 12.6. The quantitative estimate of drug-likeness (QED) is 0.470. The number of carbonyl (C=O) groups excluding carboxylic acids is 3. The number of hydrogen-bond acceptors (Lipinski definition) is 6. The summed E-state index contributed by atoms with van der Waals surface area (Å²) in [7, 11) is 0. The highest BCUT2D eigenvalue weighted by Gasteiger charge is 2.75. The zero-order chi connectivity index (χ0) is 28.0. The molecular formula is C31H40N2O6. The first kappa shape index (κ1) is 27.6. The van der Waals surface area contributed by atoms with Gasteiger partial charge >= 0.3 is 5.97 Å². The predicted molar refractivity (Wildman–Crippen MR) is 145 cm³/mol. The van der Waals surface area contributed by atoms with E-state index in [1.165, 1.54) is 4.90 Å². The summed E-state index contributed by atoms with van der Waals surface area (Å²) in [6.07, 6.45) is 10.4. The van der Waals surface area contributed by atoms with Gasteiger partial charge in [0.15, 0.2) is 0 Å². The van der Waals surface area contributed by atoms with Crippen molar-refractivity contribution in [3.63, 3.8) is 0 Å². The van der Waals surface area contributed by atoms with E-state index in [1.54, 1.807) is 4.90 Å². The van der Waals surface area contributed by atoms with Crippen LogP contribution in [0.5, 0.6) is 0 Å². The third kappa shape index (κ3) is 4.61. The van der Waals surface area contributed by atoms with Crippen LogP contribution in [0.3, 0.4) is 0 Å². The molecular weight excluding hydrogens is 496 g/mol. The lowest BCUT2D eigenvalue weighted by molar-refractivity contribution is -0.162. The Kier molecular flexibility index (Phi) is 7.22. The molecule has 5 rings (SSSR count). The molecule has 1 spiro atoms. The van der Waals surface area contributed by atoms with Gasteiger partial charge in [0.2, 0.25) is 11.8 Å². The van der Waals surface area contributed by atoms with E-state index in [0.29, 0.717) is 13.0 Å². The number of aliphatic hydroxyl groups excluding tert-OH is 1. The summed E-state index contributed by atoms with van der Waals surface area (Å²) in [5, 5.41) is 10.6. The van der Waals surface area contributed by atoms with E-state index < -0.39 is 46.6 Å². The van der Waals surface area contributed by atoms with Gasteiger partial charge in [-0.15, -0.1) is 0 Å². The molecule has 0 aromatic heterocycles. The molecule has 4 aliphatic rings. The van der Waals surface area contributed by atoms with Crippen molar-refractivity contribution in [2.45, 2.75) is 82.2 Å². The molecule has 0 aliphatic carbocycles. The topological polar surface area (TPSA) is 96.4 Å². The highest BCUT2D eigenvalue weighted by Crippen LogP contribution is 2.57. The molecule has 2 fully saturated rings. The number of esters is 1. The van der Waals surface area contributed by atoms with Gasteiger partial charge in [0.05, 0.1) is 30.8 Å². The van der Waals surface area contributed by atoms with Gasteiger partial charge in [-0.25, -0.2) is 0 Å². The van der Waals surface area contributed by atoms with Gasteiger partial charge < -0.3 is 24.4 Å². The number of carbonyl (C=O) groups is 3. The molecule has 4 heterocycles. The molecule has 1 N–H and O–H groups in total. The average Bonchev–Trinajstić information content (AvgIpc) is 3.21. The maximum atomic E-state index is 14.5. The number of rotatable bonds is 4. The number of hydrogen-bond donors (Lipinski definition) is 1. The van der Waals surface area contributed by atoms with Crippen molar-refractivity contribution < 1.29 is 29.0 Å². The SMILES string of the molecule is CC(C)(C)N1CC=C[C@]23O[C@]4(C)/C=C\CCCCOC(=O)[C@@H]4[C@H]2C(=O)N([C@@H](CO)Cc2ccccc2)C3C1=O. The second kappa shape index (κ2) is 10.2. The molecule has 1 unspecified atom stereocenters. The molecule has 8 nitrogen and oxygen atoms in total. The maximum Gasteiger partial charge on any atom is 0.313 e. The minimum absolute atomic E-state index is 0.250. The van der Waals surface area contributed by atoms with Crippen LogP contribution in [-0.2, 0) is 30.3 Å². The molecule has 4 aliphatic heterocycles. The Labute approximate surface area is 230 Å². The molecule has 8 heteroatoms. The maximum absolute atomic E-state index is 14.5. The molecule has 210 valence electrons. The molecule has 2 saturated heterocycles. The summed E-state index contributed by atoms with van der Waals surface area (Å²) in [5.74, 6) is -2.99. The zero-order valence-corrected chi connectivity index (χ0v) is 23.3. The lowest BCUT2D eigenvalue weighted by atomic mass is 9.74. The largest absolute Gasteiger partial charge is 0.465 e. The summed E-state index contributed by atoms with van der Waals surface area (Å²) >= 11 is 0. The highest BCUT2D eigenvalue weighted by atomic mass is 16.6. The van der Waals surface area contributed by atoms with Crippen LogP contribution in [0.1, 0.15) is 52.5 Å². The number of amides is 2. The van der Waals surface area contributed by atoms with Gasteiger partial charge in [0.1, 0.15) is 17.6 Å². The molecule has 2 amide bonds. The summed E-state index contributed by atoms with van der Waals surface area (Å²) in [6, 6.07) is 7.88. The number of likely N-dealkylation sites (tertiary alicyclic amines) is 1. The Hall–Kier alpha value is -2.97. The molecule has 0 radical (unpaired) electrons. The average molecular weight is 537 g/mol. The van der Waals surface area contributed by atoms with Crippen molar-refractivity contribution in [3.8, 4) is 0 Å². The lowest BCUT2D eigenvalue weighted by Gasteiger charge is -2.43. The molecule has 1 aromatic carbocycles. The van der Waals surface area contributed by atoms with E-state index in [9.17, 15) is 19.5 Å². The Morgan fingerprint density at radius 1 is 1.03 bits per heavy atom. The molecule has 1 aromatic rings. The van der Waals surface area contributed by atoms with Gasteiger partial charge in [-0.1, -0.05) is 54.6 Å². The van der Waals surface area contributed by atoms with E-state index >= 15 is 0 Å². The zero-order valence-electron chi connectivity index (χ0n) is 23.3. The van der Waals surface area contributed by atoms with Gasteiger partial charge in [-0.2, -0.15) is 0 Å². The highest BCUT2D eigenvalue weighted by molar-refractivity contribution is 5.99. The monoisotopic (exact) mass is 536 g/mol. The Balaban J connectivity index is 1.66. The Morgan fingerprint density at radius 3 is 2.46 bits per heavy atom. The first-order valence-corrected chi connectivity index (χ1v) is 14.0. The van der Waals surface area contributed by atoms with Crippen LogP contribution in [0.15, 0.2) is 54.6 Å². The summed E-state index contributed by atoms with van der Waals surface area (Å²) in [5.41, 5.74) is -2.09. The fraction of sp³-hybridized carbons (Fsp3) is 0.581. The number of nitrogens with zero attached hydrogens (tertiary/aromatic N) is 2. The fourth-order valence-electron chi connectivity index (χ4n) is 6.87. The molecule has 6 atom stereocenters.